The minimum Gasteiger partial charge on any atom is -0.382 e. The largest absolute Gasteiger partial charge is 0.382 e. The number of benzene rings is 1. The fourth-order valence-corrected chi connectivity index (χ4v) is 2.39. The maximum absolute atomic E-state index is 10.3. The Morgan fingerprint density at radius 1 is 1.53 bits per heavy atom. The second-order valence-electron chi connectivity index (χ2n) is 3.65. The van der Waals surface area contributed by atoms with Gasteiger partial charge in [0.05, 0.1) is 16.9 Å². The van der Waals surface area contributed by atoms with E-state index in [4.69, 9.17) is 11.6 Å². The van der Waals surface area contributed by atoms with Crippen molar-refractivity contribution >= 4 is 27.5 Å². The zero-order chi connectivity index (χ0) is 12.4. The van der Waals surface area contributed by atoms with Gasteiger partial charge in [0.2, 0.25) is 0 Å². The molecule has 0 bridgehead atoms. The highest BCUT2D eigenvalue weighted by atomic mass is 79.9. The molecular formula is C12H12BrClN2O. The third-order valence-electron chi connectivity index (χ3n) is 2.56. The van der Waals surface area contributed by atoms with E-state index < -0.39 is 6.10 Å². The predicted molar refractivity (Wildman–Crippen MR) is 71.1 cm³/mol. The number of aliphatic hydroxyl groups excluding tert-OH is 1. The van der Waals surface area contributed by atoms with E-state index in [0.717, 1.165) is 10.0 Å². The second kappa shape index (κ2) is 5.21. The Balaban J connectivity index is 2.43. The van der Waals surface area contributed by atoms with E-state index in [0.29, 0.717) is 17.3 Å². The maximum atomic E-state index is 10.3. The van der Waals surface area contributed by atoms with E-state index in [1.54, 1.807) is 10.9 Å². The van der Waals surface area contributed by atoms with Gasteiger partial charge in [-0.2, -0.15) is 5.10 Å². The molecule has 2 rings (SSSR count). The first kappa shape index (κ1) is 12.6. The lowest BCUT2D eigenvalue weighted by atomic mass is 10.1. The Bertz CT molecular complexity index is 527. The van der Waals surface area contributed by atoms with Crippen molar-refractivity contribution in [3.05, 3.63) is 51.2 Å². The van der Waals surface area contributed by atoms with Crippen LogP contribution in [0.25, 0.3) is 0 Å². The summed E-state index contributed by atoms with van der Waals surface area (Å²) in [4.78, 5) is 0. The number of aryl methyl sites for hydroxylation is 1. The van der Waals surface area contributed by atoms with Gasteiger partial charge in [-0.05, 0) is 24.6 Å². The average molecular weight is 316 g/mol. The lowest BCUT2D eigenvalue weighted by Crippen LogP contribution is -2.09. The summed E-state index contributed by atoms with van der Waals surface area (Å²) in [6.07, 6.45) is 0.796. The number of aromatic nitrogens is 2. The Labute approximate surface area is 113 Å². The molecule has 0 spiro atoms. The molecule has 0 aliphatic carbocycles. The number of halogens is 2. The number of hydrogen-bond acceptors (Lipinski definition) is 2. The first-order valence-electron chi connectivity index (χ1n) is 5.28. The lowest BCUT2D eigenvalue weighted by molar-refractivity contribution is 0.208. The Kier molecular flexibility index (Phi) is 3.86. The molecule has 1 heterocycles. The van der Waals surface area contributed by atoms with E-state index in [9.17, 15) is 5.11 Å². The molecule has 5 heteroatoms. The molecule has 1 unspecified atom stereocenters. The van der Waals surface area contributed by atoms with E-state index in [1.807, 2.05) is 31.2 Å². The first-order valence-corrected chi connectivity index (χ1v) is 6.45. The van der Waals surface area contributed by atoms with Gasteiger partial charge < -0.3 is 5.11 Å². The quantitative estimate of drug-likeness (QED) is 0.942. The molecule has 0 saturated carbocycles. The van der Waals surface area contributed by atoms with Crippen LogP contribution in [0.3, 0.4) is 0 Å². The zero-order valence-corrected chi connectivity index (χ0v) is 11.6. The Morgan fingerprint density at radius 2 is 2.29 bits per heavy atom. The smallest absolute Gasteiger partial charge is 0.122 e. The summed E-state index contributed by atoms with van der Waals surface area (Å²) < 4.78 is 2.63. The summed E-state index contributed by atoms with van der Waals surface area (Å²) in [5, 5.41) is 14.9. The van der Waals surface area contributed by atoms with Gasteiger partial charge in [0.25, 0.3) is 0 Å². The van der Waals surface area contributed by atoms with Gasteiger partial charge in [0, 0.05) is 11.0 Å². The van der Waals surface area contributed by atoms with Crippen molar-refractivity contribution in [1.29, 1.82) is 0 Å². The number of nitrogens with zero attached hydrogens (tertiary/aromatic N) is 2. The molecule has 0 fully saturated rings. The van der Waals surface area contributed by atoms with Crippen LogP contribution in [-0.2, 0) is 6.54 Å². The van der Waals surface area contributed by atoms with Crippen LogP contribution in [-0.4, -0.2) is 14.9 Å². The average Bonchev–Trinajstić information content (AvgIpc) is 2.69. The molecule has 90 valence electrons. The van der Waals surface area contributed by atoms with Crippen molar-refractivity contribution in [2.75, 3.05) is 0 Å². The molecule has 2 aromatic rings. The third-order valence-corrected chi connectivity index (χ3v) is 3.34. The molecule has 17 heavy (non-hydrogen) atoms. The highest BCUT2D eigenvalue weighted by molar-refractivity contribution is 9.10. The first-order chi connectivity index (χ1) is 8.13. The molecule has 1 N–H and O–H groups in total. The van der Waals surface area contributed by atoms with Gasteiger partial charge >= 0.3 is 0 Å². The molecule has 1 atom stereocenters. The summed E-state index contributed by atoms with van der Waals surface area (Å²) in [5.41, 5.74) is 1.42. The van der Waals surface area contributed by atoms with Crippen LogP contribution in [0, 0.1) is 0 Å². The minimum atomic E-state index is -0.762. The van der Waals surface area contributed by atoms with E-state index in [2.05, 4.69) is 21.0 Å². The number of hydrogen-bond donors (Lipinski definition) is 1. The maximum Gasteiger partial charge on any atom is 0.122 e. The van der Waals surface area contributed by atoms with E-state index in [1.165, 1.54) is 0 Å². The predicted octanol–water partition coefficient (Wildman–Crippen LogP) is 3.40. The van der Waals surface area contributed by atoms with Crippen LogP contribution in [0.15, 0.2) is 34.9 Å². The van der Waals surface area contributed by atoms with E-state index in [-0.39, 0.29) is 0 Å². The number of rotatable bonds is 3. The van der Waals surface area contributed by atoms with Gasteiger partial charge in [-0.25, -0.2) is 0 Å². The molecule has 0 saturated heterocycles. The molecule has 0 amide bonds. The normalized spacial score (nSPS) is 12.7. The molecule has 3 nitrogen and oxygen atoms in total. The fraction of sp³-hybridized carbons (Fsp3) is 0.250. The van der Waals surface area contributed by atoms with Crippen LogP contribution in [0.5, 0.6) is 0 Å². The van der Waals surface area contributed by atoms with Crippen molar-refractivity contribution in [3.8, 4) is 0 Å². The summed E-state index contributed by atoms with van der Waals surface area (Å²) >= 11 is 9.43. The zero-order valence-electron chi connectivity index (χ0n) is 9.27. The standard InChI is InChI=1S/C12H12BrClN2O/c1-2-16-11(10(14)7-15-16)12(17)8-4-3-5-9(13)6-8/h3-7,12,17H,2H2,1H3. The minimum absolute atomic E-state index is 0.485. The van der Waals surface area contributed by atoms with Crippen molar-refractivity contribution in [1.82, 2.24) is 9.78 Å². The molecule has 0 radical (unpaired) electrons. The molecular weight excluding hydrogens is 304 g/mol. The van der Waals surface area contributed by atoms with Gasteiger partial charge in [-0.15, -0.1) is 0 Å². The summed E-state index contributed by atoms with van der Waals surface area (Å²) in [6.45, 7) is 2.63. The van der Waals surface area contributed by atoms with Gasteiger partial charge in [0.15, 0.2) is 0 Å². The van der Waals surface area contributed by atoms with Gasteiger partial charge in [-0.1, -0.05) is 39.7 Å². The fourth-order valence-electron chi connectivity index (χ4n) is 1.73. The lowest BCUT2D eigenvalue weighted by Gasteiger charge is -2.13. The van der Waals surface area contributed by atoms with Crippen molar-refractivity contribution in [3.63, 3.8) is 0 Å². The Hall–Kier alpha value is -0.840. The van der Waals surface area contributed by atoms with Crippen LogP contribution in [0.1, 0.15) is 24.3 Å². The van der Waals surface area contributed by atoms with Crippen molar-refractivity contribution in [2.45, 2.75) is 19.6 Å². The Morgan fingerprint density at radius 3 is 2.94 bits per heavy atom. The summed E-state index contributed by atoms with van der Waals surface area (Å²) in [5.74, 6) is 0. The van der Waals surface area contributed by atoms with Gasteiger partial charge in [0.1, 0.15) is 6.10 Å². The molecule has 1 aromatic carbocycles. The van der Waals surface area contributed by atoms with Crippen LogP contribution in [0.4, 0.5) is 0 Å². The van der Waals surface area contributed by atoms with Crippen LogP contribution >= 0.6 is 27.5 Å². The monoisotopic (exact) mass is 314 g/mol. The highest BCUT2D eigenvalue weighted by Crippen LogP contribution is 2.29. The van der Waals surface area contributed by atoms with Crippen molar-refractivity contribution < 1.29 is 5.11 Å². The van der Waals surface area contributed by atoms with E-state index >= 15 is 0 Å². The molecule has 0 aliphatic rings. The second-order valence-corrected chi connectivity index (χ2v) is 4.97. The van der Waals surface area contributed by atoms with Crippen LogP contribution in [0.2, 0.25) is 5.02 Å². The van der Waals surface area contributed by atoms with Gasteiger partial charge in [-0.3, -0.25) is 4.68 Å². The topological polar surface area (TPSA) is 38.0 Å². The molecule has 0 aliphatic heterocycles. The highest BCUT2D eigenvalue weighted by Gasteiger charge is 2.19. The summed E-state index contributed by atoms with van der Waals surface area (Å²) in [7, 11) is 0. The van der Waals surface area contributed by atoms with Crippen molar-refractivity contribution in [2.24, 2.45) is 0 Å². The third kappa shape index (κ3) is 2.54. The number of aliphatic hydroxyl groups is 1. The SMILES string of the molecule is CCn1ncc(Cl)c1C(O)c1cccc(Br)c1. The molecule has 1 aromatic heterocycles. The summed E-state index contributed by atoms with van der Waals surface area (Å²) in [6, 6.07) is 7.52. The van der Waals surface area contributed by atoms with Crippen LogP contribution < -0.4 is 0 Å².